The number of rotatable bonds is 5. The summed E-state index contributed by atoms with van der Waals surface area (Å²) in [6, 6.07) is 0.245. The molecular weight excluding hydrogens is 270 g/mol. The Morgan fingerprint density at radius 1 is 1.48 bits per heavy atom. The van der Waals surface area contributed by atoms with Gasteiger partial charge < -0.3 is 9.26 Å². The number of hydrogen-bond donors (Lipinski definition) is 1. The molecule has 0 spiro atoms. The highest BCUT2D eigenvalue weighted by Crippen LogP contribution is 2.30. The van der Waals surface area contributed by atoms with Crippen LogP contribution >= 0.6 is 0 Å². The molecule has 0 bridgehead atoms. The number of likely N-dealkylation sites (tertiary alicyclic amines) is 1. The molecule has 1 aliphatic rings. The summed E-state index contributed by atoms with van der Waals surface area (Å²) in [6.07, 6.45) is 5.29. The average molecular weight is 291 g/mol. The summed E-state index contributed by atoms with van der Waals surface area (Å²) >= 11 is 0. The molecule has 3 rings (SSSR count). The van der Waals surface area contributed by atoms with Crippen molar-refractivity contribution < 1.29 is 9.26 Å². The van der Waals surface area contributed by atoms with Gasteiger partial charge >= 0.3 is 0 Å². The number of H-pyrrole nitrogens is 1. The van der Waals surface area contributed by atoms with Crippen LogP contribution in [0.4, 0.5) is 0 Å². The molecule has 0 aliphatic carbocycles. The van der Waals surface area contributed by atoms with Crippen molar-refractivity contribution in [2.24, 2.45) is 0 Å². The van der Waals surface area contributed by atoms with E-state index in [2.05, 4.69) is 25.2 Å². The third-order valence-electron chi connectivity index (χ3n) is 3.97. The van der Waals surface area contributed by atoms with E-state index in [-0.39, 0.29) is 6.04 Å². The first-order chi connectivity index (χ1) is 10.3. The molecule has 1 N–H and O–H groups in total. The van der Waals surface area contributed by atoms with Crippen LogP contribution in [0.1, 0.15) is 48.3 Å². The van der Waals surface area contributed by atoms with E-state index in [1.807, 2.05) is 6.92 Å². The zero-order valence-electron chi connectivity index (χ0n) is 12.5. The first-order valence-corrected chi connectivity index (χ1v) is 7.32. The summed E-state index contributed by atoms with van der Waals surface area (Å²) in [5.74, 6) is 2.52. The fourth-order valence-corrected chi connectivity index (χ4v) is 2.82. The summed E-state index contributed by atoms with van der Waals surface area (Å²) in [6.45, 7) is 4.28. The quantitative estimate of drug-likeness (QED) is 0.907. The predicted octanol–water partition coefficient (Wildman–Crippen LogP) is 1.97. The number of nitrogens with one attached hydrogen (secondary N) is 1. The van der Waals surface area contributed by atoms with Crippen LogP contribution in [0.5, 0.6) is 0 Å². The average Bonchev–Trinajstić information content (AvgIpc) is 3.10. The Hall–Kier alpha value is -1.73. The third kappa shape index (κ3) is 3.14. The predicted molar refractivity (Wildman–Crippen MR) is 75.3 cm³/mol. The molecule has 1 fully saturated rings. The van der Waals surface area contributed by atoms with E-state index < -0.39 is 0 Å². The van der Waals surface area contributed by atoms with Crippen molar-refractivity contribution >= 4 is 0 Å². The summed E-state index contributed by atoms with van der Waals surface area (Å²) in [5.41, 5.74) is 1.13. The number of aromatic amines is 1. The van der Waals surface area contributed by atoms with Gasteiger partial charge in [0.05, 0.1) is 12.2 Å². The Morgan fingerprint density at radius 3 is 3.14 bits per heavy atom. The monoisotopic (exact) mass is 291 g/mol. The molecule has 1 aliphatic heterocycles. The van der Waals surface area contributed by atoms with Crippen LogP contribution in [0.2, 0.25) is 0 Å². The van der Waals surface area contributed by atoms with Gasteiger partial charge in [-0.25, -0.2) is 4.98 Å². The molecule has 1 saturated heterocycles. The third-order valence-corrected chi connectivity index (χ3v) is 3.97. The summed E-state index contributed by atoms with van der Waals surface area (Å²) in [4.78, 5) is 6.96. The van der Waals surface area contributed by atoms with Gasteiger partial charge in [0.2, 0.25) is 0 Å². The van der Waals surface area contributed by atoms with E-state index in [0.29, 0.717) is 6.61 Å². The van der Waals surface area contributed by atoms with E-state index in [9.17, 15) is 0 Å². The first kappa shape index (κ1) is 14.2. The second-order valence-corrected chi connectivity index (χ2v) is 5.46. The molecule has 2 aromatic rings. The Morgan fingerprint density at radius 2 is 2.38 bits per heavy atom. The van der Waals surface area contributed by atoms with Crippen molar-refractivity contribution in [3.63, 3.8) is 0 Å². The number of hydrogen-bond acceptors (Lipinski definition) is 6. The number of ether oxygens (including phenoxy) is 1. The van der Waals surface area contributed by atoms with Crippen LogP contribution in [0.15, 0.2) is 10.7 Å². The minimum absolute atomic E-state index is 0.245. The minimum atomic E-state index is 0.245. The first-order valence-electron chi connectivity index (χ1n) is 7.32. The lowest BCUT2D eigenvalue weighted by molar-refractivity contribution is 0.133. The second-order valence-electron chi connectivity index (χ2n) is 5.46. The second kappa shape index (κ2) is 6.36. The zero-order chi connectivity index (χ0) is 14.7. The standard InChI is InChI=1S/C14H21N5O2/c1-10-11(7-15-21-10)8-19-6-4-3-5-12(19)14-16-13(9-20-2)17-18-14/h7,12H,3-6,8-9H2,1-2H3,(H,16,17,18)/t12-/m0/s1. The highest BCUT2D eigenvalue weighted by atomic mass is 16.5. The molecule has 0 saturated carbocycles. The molecule has 2 aromatic heterocycles. The van der Waals surface area contributed by atoms with E-state index in [1.54, 1.807) is 13.3 Å². The Bertz CT molecular complexity index is 579. The van der Waals surface area contributed by atoms with Crippen LogP contribution in [-0.2, 0) is 17.9 Å². The minimum Gasteiger partial charge on any atom is -0.377 e. The van der Waals surface area contributed by atoms with Crippen molar-refractivity contribution in [3.05, 3.63) is 29.2 Å². The molecule has 0 amide bonds. The number of aromatic nitrogens is 4. The number of methoxy groups -OCH3 is 1. The number of nitrogens with zero attached hydrogens (tertiary/aromatic N) is 4. The molecule has 3 heterocycles. The van der Waals surface area contributed by atoms with Gasteiger partial charge in [0.25, 0.3) is 0 Å². The molecule has 7 heteroatoms. The van der Waals surface area contributed by atoms with Gasteiger partial charge in [-0.3, -0.25) is 10.00 Å². The fraction of sp³-hybridized carbons (Fsp3) is 0.643. The zero-order valence-corrected chi connectivity index (χ0v) is 12.5. The van der Waals surface area contributed by atoms with Gasteiger partial charge in [-0.05, 0) is 26.3 Å². The Kier molecular flexibility index (Phi) is 4.31. The highest BCUT2D eigenvalue weighted by molar-refractivity contribution is 5.12. The summed E-state index contributed by atoms with van der Waals surface area (Å²) < 4.78 is 10.2. The highest BCUT2D eigenvalue weighted by Gasteiger charge is 2.28. The molecule has 0 aromatic carbocycles. The SMILES string of the molecule is COCc1nc([C@@H]2CCCCN2Cc2cnoc2C)n[nH]1. The van der Waals surface area contributed by atoms with Crippen molar-refractivity contribution in [2.75, 3.05) is 13.7 Å². The number of piperidine rings is 1. The van der Waals surface area contributed by atoms with Crippen LogP contribution in [0.25, 0.3) is 0 Å². The normalized spacial score (nSPS) is 20.0. The van der Waals surface area contributed by atoms with Gasteiger partial charge in [0.1, 0.15) is 12.4 Å². The van der Waals surface area contributed by atoms with Gasteiger partial charge in [-0.2, -0.15) is 5.10 Å². The lowest BCUT2D eigenvalue weighted by Crippen LogP contribution is -2.33. The van der Waals surface area contributed by atoms with Gasteiger partial charge in [0.15, 0.2) is 11.6 Å². The van der Waals surface area contributed by atoms with E-state index in [4.69, 9.17) is 9.26 Å². The lowest BCUT2D eigenvalue weighted by Gasteiger charge is -2.33. The van der Waals surface area contributed by atoms with Crippen molar-refractivity contribution in [3.8, 4) is 0 Å². The summed E-state index contributed by atoms with van der Waals surface area (Å²) in [5, 5.41) is 11.2. The van der Waals surface area contributed by atoms with Crippen molar-refractivity contribution in [1.82, 2.24) is 25.2 Å². The van der Waals surface area contributed by atoms with E-state index in [1.165, 1.54) is 12.8 Å². The maximum atomic E-state index is 5.15. The van der Waals surface area contributed by atoms with Gasteiger partial charge in [-0.1, -0.05) is 11.6 Å². The maximum Gasteiger partial charge on any atom is 0.167 e. The fourth-order valence-electron chi connectivity index (χ4n) is 2.82. The molecule has 0 radical (unpaired) electrons. The van der Waals surface area contributed by atoms with Crippen LogP contribution in [0.3, 0.4) is 0 Å². The van der Waals surface area contributed by atoms with E-state index in [0.717, 1.165) is 42.5 Å². The van der Waals surface area contributed by atoms with Crippen LogP contribution < -0.4 is 0 Å². The van der Waals surface area contributed by atoms with Crippen LogP contribution in [0, 0.1) is 6.92 Å². The van der Waals surface area contributed by atoms with Gasteiger partial charge in [0, 0.05) is 19.2 Å². The van der Waals surface area contributed by atoms with Crippen molar-refractivity contribution in [1.29, 1.82) is 0 Å². The lowest BCUT2D eigenvalue weighted by atomic mass is 10.0. The molecule has 7 nitrogen and oxygen atoms in total. The number of aryl methyl sites for hydroxylation is 1. The molecule has 114 valence electrons. The maximum absolute atomic E-state index is 5.15. The van der Waals surface area contributed by atoms with Gasteiger partial charge in [-0.15, -0.1) is 0 Å². The largest absolute Gasteiger partial charge is 0.377 e. The van der Waals surface area contributed by atoms with Crippen molar-refractivity contribution in [2.45, 2.75) is 45.4 Å². The smallest absolute Gasteiger partial charge is 0.167 e. The Balaban J connectivity index is 1.75. The molecule has 1 atom stereocenters. The molecule has 0 unspecified atom stereocenters. The molecular formula is C14H21N5O2. The molecule has 21 heavy (non-hydrogen) atoms. The topological polar surface area (TPSA) is 80.1 Å². The Labute approximate surface area is 123 Å². The summed E-state index contributed by atoms with van der Waals surface area (Å²) in [7, 11) is 1.66. The van der Waals surface area contributed by atoms with Crippen LogP contribution in [-0.4, -0.2) is 38.9 Å². The van der Waals surface area contributed by atoms with E-state index >= 15 is 0 Å².